The minimum atomic E-state index is -0.521. The van der Waals surface area contributed by atoms with Gasteiger partial charge in [0, 0.05) is 12.6 Å². The van der Waals surface area contributed by atoms with E-state index in [9.17, 15) is 9.18 Å². The SMILES string of the molecule is N#Cc1cc(CNCC(=O)NC2CC2)ccc1F. The van der Waals surface area contributed by atoms with E-state index in [-0.39, 0.29) is 18.0 Å². The first-order chi connectivity index (χ1) is 8.69. The second kappa shape index (κ2) is 5.61. The Morgan fingerprint density at radius 1 is 1.50 bits per heavy atom. The van der Waals surface area contributed by atoms with E-state index >= 15 is 0 Å². The molecule has 4 nitrogen and oxygen atoms in total. The van der Waals surface area contributed by atoms with Gasteiger partial charge in [0.25, 0.3) is 0 Å². The predicted molar refractivity (Wildman–Crippen MR) is 64.0 cm³/mol. The number of hydrogen-bond acceptors (Lipinski definition) is 3. The van der Waals surface area contributed by atoms with E-state index in [4.69, 9.17) is 5.26 Å². The van der Waals surface area contributed by atoms with Crippen molar-refractivity contribution in [2.45, 2.75) is 25.4 Å². The second-order valence-corrected chi connectivity index (χ2v) is 4.37. The van der Waals surface area contributed by atoms with Gasteiger partial charge in [-0.15, -0.1) is 0 Å². The molecular formula is C13H14FN3O. The molecule has 0 saturated heterocycles. The van der Waals surface area contributed by atoms with E-state index in [1.54, 1.807) is 12.1 Å². The zero-order chi connectivity index (χ0) is 13.0. The van der Waals surface area contributed by atoms with Crippen molar-refractivity contribution < 1.29 is 9.18 Å². The van der Waals surface area contributed by atoms with Gasteiger partial charge in [-0.1, -0.05) is 6.07 Å². The number of carbonyl (C=O) groups excluding carboxylic acids is 1. The number of nitrogens with zero attached hydrogens (tertiary/aromatic N) is 1. The van der Waals surface area contributed by atoms with Crippen LogP contribution in [0.3, 0.4) is 0 Å². The standard InChI is InChI=1S/C13H14FN3O/c14-12-4-1-9(5-10(12)6-15)7-16-8-13(18)17-11-2-3-11/h1,4-5,11,16H,2-3,7-8H2,(H,17,18). The Balaban J connectivity index is 1.79. The number of halogens is 1. The van der Waals surface area contributed by atoms with Crippen LogP contribution < -0.4 is 10.6 Å². The Hall–Kier alpha value is -1.93. The maximum Gasteiger partial charge on any atom is 0.234 e. The van der Waals surface area contributed by atoms with Crippen LogP contribution in [0.4, 0.5) is 4.39 Å². The average molecular weight is 247 g/mol. The smallest absolute Gasteiger partial charge is 0.234 e. The van der Waals surface area contributed by atoms with Crippen molar-refractivity contribution >= 4 is 5.91 Å². The van der Waals surface area contributed by atoms with Crippen molar-refractivity contribution in [3.63, 3.8) is 0 Å². The molecule has 0 aliphatic heterocycles. The quantitative estimate of drug-likeness (QED) is 0.818. The van der Waals surface area contributed by atoms with E-state index in [0.29, 0.717) is 12.6 Å². The van der Waals surface area contributed by atoms with Crippen LogP contribution >= 0.6 is 0 Å². The van der Waals surface area contributed by atoms with Gasteiger partial charge in [-0.3, -0.25) is 4.79 Å². The minimum absolute atomic E-state index is 0.0248. The van der Waals surface area contributed by atoms with E-state index in [2.05, 4.69) is 10.6 Å². The molecule has 1 aromatic carbocycles. The number of hydrogen-bond donors (Lipinski definition) is 2. The largest absolute Gasteiger partial charge is 0.352 e. The first-order valence-electron chi connectivity index (χ1n) is 5.87. The minimum Gasteiger partial charge on any atom is -0.352 e. The molecule has 1 fully saturated rings. The number of amides is 1. The van der Waals surface area contributed by atoms with Gasteiger partial charge in [0.15, 0.2) is 0 Å². The van der Waals surface area contributed by atoms with Crippen LogP contribution in [0, 0.1) is 17.1 Å². The summed E-state index contributed by atoms with van der Waals surface area (Å²) in [5.74, 6) is -0.548. The Morgan fingerprint density at radius 2 is 2.28 bits per heavy atom. The van der Waals surface area contributed by atoms with Crippen molar-refractivity contribution in [1.82, 2.24) is 10.6 Å². The highest BCUT2D eigenvalue weighted by Crippen LogP contribution is 2.18. The lowest BCUT2D eigenvalue weighted by molar-refractivity contribution is -0.120. The number of carbonyl (C=O) groups is 1. The maximum atomic E-state index is 13.1. The molecule has 1 aliphatic rings. The highest BCUT2D eigenvalue weighted by Gasteiger charge is 2.22. The van der Waals surface area contributed by atoms with E-state index in [0.717, 1.165) is 18.4 Å². The molecule has 0 radical (unpaired) electrons. The van der Waals surface area contributed by atoms with Crippen molar-refractivity contribution in [2.75, 3.05) is 6.54 Å². The lowest BCUT2D eigenvalue weighted by Gasteiger charge is -2.06. The molecule has 18 heavy (non-hydrogen) atoms. The molecule has 0 bridgehead atoms. The monoisotopic (exact) mass is 247 g/mol. The molecule has 1 aromatic rings. The molecule has 94 valence electrons. The van der Waals surface area contributed by atoms with Crippen LogP contribution in [0.15, 0.2) is 18.2 Å². The fourth-order valence-electron chi connectivity index (χ4n) is 1.59. The maximum absolute atomic E-state index is 13.1. The zero-order valence-corrected chi connectivity index (χ0v) is 9.87. The molecule has 2 rings (SSSR count). The lowest BCUT2D eigenvalue weighted by Crippen LogP contribution is -2.34. The highest BCUT2D eigenvalue weighted by atomic mass is 19.1. The van der Waals surface area contributed by atoms with Crippen LogP contribution in [0.25, 0.3) is 0 Å². The highest BCUT2D eigenvalue weighted by molar-refractivity contribution is 5.78. The number of nitriles is 1. The second-order valence-electron chi connectivity index (χ2n) is 4.37. The number of rotatable bonds is 5. The molecular weight excluding hydrogens is 233 g/mol. The van der Waals surface area contributed by atoms with Gasteiger partial charge < -0.3 is 10.6 Å². The van der Waals surface area contributed by atoms with Crippen LogP contribution in [0.5, 0.6) is 0 Å². The van der Waals surface area contributed by atoms with Crippen LogP contribution in [0.2, 0.25) is 0 Å². The molecule has 0 atom stereocenters. The van der Waals surface area contributed by atoms with Gasteiger partial charge >= 0.3 is 0 Å². The Kier molecular flexibility index (Phi) is 3.90. The summed E-state index contributed by atoms with van der Waals surface area (Å²) in [5.41, 5.74) is 0.809. The lowest BCUT2D eigenvalue weighted by atomic mass is 10.1. The molecule has 0 heterocycles. The van der Waals surface area contributed by atoms with Crippen LogP contribution in [-0.2, 0) is 11.3 Å². The third-order valence-corrected chi connectivity index (χ3v) is 2.71. The van der Waals surface area contributed by atoms with Gasteiger partial charge in [-0.25, -0.2) is 4.39 Å². The van der Waals surface area contributed by atoms with Crippen molar-refractivity contribution in [3.05, 3.63) is 35.1 Å². The van der Waals surface area contributed by atoms with Gasteiger partial charge in [-0.05, 0) is 30.5 Å². The molecule has 1 saturated carbocycles. The third-order valence-electron chi connectivity index (χ3n) is 2.71. The molecule has 5 heteroatoms. The number of nitrogens with one attached hydrogen (secondary N) is 2. The molecule has 0 spiro atoms. The van der Waals surface area contributed by atoms with Crippen LogP contribution in [-0.4, -0.2) is 18.5 Å². The molecule has 1 amide bonds. The summed E-state index contributed by atoms with van der Waals surface area (Å²) in [6.07, 6.45) is 2.13. The van der Waals surface area contributed by atoms with E-state index in [1.807, 2.05) is 0 Å². The van der Waals surface area contributed by atoms with Crippen LogP contribution in [0.1, 0.15) is 24.0 Å². The molecule has 0 unspecified atom stereocenters. The summed E-state index contributed by atoms with van der Waals surface area (Å²) < 4.78 is 13.1. The molecule has 1 aliphatic carbocycles. The predicted octanol–water partition coefficient (Wildman–Crippen LogP) is 1.07. The van der Waals surface area contributed by atoms with E-state index < -0.39 is 5.82 Å². The normalized spacial score (nSPS) is 14.0. The summed E-state index contributed by atoms with van der Waals surface area (Å²) in [6.45, 7) is 0.669. The summed E-state index contributed by atoms with van der Waals surface area (Å²) >= 11 is 0. The van der Waals surface area contributed by atoms with Gasteiger partial charge in [0.05, 0.1) is 12.1 Å². The summed E-state index contributed by atoms with van der Waals surface area (Å²) in [7, 11) is 0. The topological polar surface area (TPSA) is 64.9 Å². The molecule has 2 N–H and O–H groups in total. The van der Waals surface area contributed by atoms with Crippen molar-refractivity contribution in [2.24, 2.45) is 0 Å². The van der Waals surface area contributed by atoms with Gasteiger partial charge in [0.1, 0.15) is 11.9 Å². The Morgan fingerprint density at radius 3 is 2.94 bits per heavy atom. The first-order valence-corrected chi connectivity index (χ1v) is 5.87. The Bertz CT molecular complexity index is 491. The summed E-state index contributed by atoms with van der Waals surface area (Å²) in [6, 6.07) is 6.49. The fraction of sp³-hybridized carbons (Fsp3) is 0.385. The molecule has 0 aromatic heterocycles. The van der Waals surface area contributed by atoms with Crippen molar-refractivity contribution in [3.8, 4) is 6.07 Å². The van der Waals surface area contributed by atoms with Crippen molar-refractivity contribution in [1.29, 1.82) is 5.26 Å². The van der Waals surface area contributed by atoms with Gasteiger partial charge in [0.2, 0.25) is 5.91 Å². The summed E-state index contributed by atoms with van der Waals surface area (Å²) in [5, 5.41) is 14.5. The number of benzene rings is 1. The first kappa shape index (κ1) is 12.5. The fourth-order valence-corrected chi connectivity index (χ4v) is 1.59. The summed E-state index contributed by atoms with van der Waals surface area (Å²) in [4.78, 5) is 11.4. The Labute approximate surface area is 105 Å². The zero-order valence-electron chi connectivity index (χ0n) is 9.87. The van der Waals surface area contributed by atoms with E-state index in [1.165, 1.54) is 12.1 Å². The third kappa shape index (κ3) is 3.54. The van der Waals surface area contributed by atoms with Gasteiger partial charge in [-0.2, -0.15) is 5.26 Å². The average Bonchev–Trinajstić information content (AvgIpc) is 3.15.